The lowest BCUT2D eigenvalue weighted by Gasteiger charge is -2.17. The second-order valence-corrected chi connectivity index (χ2v) is 8.41. The van der Waals surface area contributed by atoms with Crippen molar-refractivity contribution >= 4 is 23.2 Å². The highest BCUT2D eigenvalue weighted by atomic mass is 16.5. The summed E-state index contributed by atoms with van der Waals surface area (Å²) in [7, 11) is 0. The van der Waals surface area contributed by atoms with Crippen molar-refractivity contribution in [1.29, 1.82) is 0 Å². The van der Waals surface area contributed by atoms with Crippen molar-refractivity contribution in [3.8, 4) is 17.2 Å². The Morgan fingerprint density at radius 1 is 1.03 bits per heavy atom. The van der Waals surface area contributed by atoms with Crippen molar-refractivity contribution in [2.75, 3.05) is 16.8 Å². The lowest BCUT2D eigenvalue weighted by atomic mass is 10.1. The van der Waals surface area contributed by atoms with Gasteiger partial charge in [-0.25, -0.2) is 0 Å². The summed E-state index contributed by atoms with van der Waals surface area (Å²) in [6, 6.07) is 24.3. The number of nitrogens with one attached hydrogen (secondary N) is 1. The molecule has 5 rings (SSSR count). The van der Waals surface area contributed by atoms with Crippen LogP contribution in [-0.2, 0) is 16.2 Å². The quantitative estimate of drug-likeness (QED) is 0.425. The van der Waals surface area contributed by atoms with Crippen molar-refractivity contribution in [3.63, 3.8) is 0 Å². The number of anilines is 2. The number of carbonyl (C=O) groups is 2. The summed E-state index contributed by atoms with van der Waals surface area (Å²) >= 11 is 0. The highest BCUT2D eigenvalue weighted by Crippen LogP contribution is 2.27. The summed E-state index contributed by atoms with van der Waals surface area (Å²) < 4.78 is 11.4. The van der Waals surface area contributed by atoms with E-state index in [1.807, 2.05) is 61.5 Å². The minimum atomic E-state index is -0.406. The first kappa shape index (κ1) is 22.3. The summed E-state index contributed by atoms with van der Waals surface area (Å²) in [5.74, 6) is 0.772. The number of rotatable bonds is 7. The van der Waals surface area contributed by atoms with Crippen molar-refractivity contribution in [2.24, 2.45) is 5.92 Å². The zero-order valence-corrected chi connectivity index (χ0v) is 19.2. The molecule has 0 bridgehead atoms. The highest BCUT2D eigenvalue weighted by molar-refractivity contribution is 6.03. The maximum atomic E-state index is 12.8. The van der Waals surface area contributed by atoms with E-state index in [-0.39, 0.29) is 24.8 Å². The number of carbonyl (C=O) groups excluding carboxylic acids is 2. The normalized spacial score (nSPS) is 15.3. The van der Waals surface area contributed by atoms with Crippen molar-refractivity contribution < 1.29 is 18.7 Å². The largest absolute Gasteiger partial charge is 0.484 e. The van der Waals surface area contributed by atoms with Gasteiger partial charge in [0.2, 0.25) is 17.7 Å². The Balaban J connectivity index is 1.14. The SMILES string of the molecule is Cc1ccc(N2CC(C(=O)Nc3ccc(OCc4nnc(-c5ccccc5)o4)cc3)CC2=O)cc1. The van der Waals surface area contributed by atoms with Gasteiger partial charge in [-0.2, -0.15) is 0 Å². The van der Waals surface area contributed by atoms with E-state index >= 15 is 0 Å². The van der Waals surface area contributed by atoms with Gasteiger partial charge in [0.1, 0.15) is 5.75 Å². The van der Waals surface area contributed by atoms with Crippen LogP contribution in [0.3, 0.4) is 0 Å². The molecule has 1 aliphatic rings. The minimum Gasteiger partial charge on any atom is -0.484 e. The van der Waals surface area contributed by atoms with Crippen molar-refractivity contribution in [3.05, 3.63) is 90.3 Å². The number of hydrogen-bond acceptors (Lipinski definition) is 6. The van der Waals surface area contributed by atoms with E-state index in [1.165, 1.54) is 0 Å². The molecule has 8 nitrogen and oxygen atoms in total. The molecule has 1 saturated heterocycles. The van der Waals surface area contributed by atoms with Crippen LogP contribution >= 0.6 is 0 Å². The van der Waals surface area contributed by atoms with Crippen LogP contribution in [0.15, 0.2) is 83.3 Å². The molecule has 1 N–H and O–H groups in total. The van der Waals surface area contributed by atoms with Crippen molar-refractivity contribution in [1.82, 2.24) is 10.2 Å². The Labute approximate surface area is 202 Å². The molecule has 0 spiro atoms. The maximum Gasteiger partial charge on any atom is 0.254 e. The smallest absolute Gasteiger partial charge is 0.254 e. The molecule has 1 atom stereocenters. The van der Waals surface area contributed by atoms with Crippen LogP contribution in [-0.4, -0.2) is 28.6 Å². The van der Waals surface area contributed by atoms with Crippen LogP contribution in [0.5, 0.6) is 5.75 Å². The first-order valence-corrected chi connectivity index (χ1v) is 11.3. The third-order valence-electron chi connectivity index (χ3n) is 5.81. The van der Waals surface area contributed by atoms with E-state index in [4.69, 9.17) is 9.15 Å². The van der Waals surface area contributed by atoms with E-state index in [9.17, 15) is 9.59 Å². The first-order chi connectivity index (χ1) is 17.0. The van der Waals surface area contributed by atoms with Crippen LogP contribution in [0.4, 0.5) is 11.4 Å². The predicted molar refractivity (Wildman–Crippen MR) is 131 cm³/mol. The number of nitrogens with zero attached hydrogens (tertiary/aromatic N) is 3. The Bertz CT molecular complexity index is 1320. The summed E-state index contributed by atoms with van der Waals surface area (Å²) in [6.07, 6.45) is 0.191. The van der Waals surface area contributed by atoms with Gasteiger partial charge < -0.3 is 19.4 Å². The van der Waals surface area contributed by atoms with Crippen LogP contribution in [0, 0.1) is 12.8 Å². The summed E-state index contributed by atoms with van der Waals surface area (Å²) in [4.78, 5) is 26.9. The third kappa shape index (κ3) is 5.22. The molecule has 2 amide bonds. The molecule has 0 radical (unpaired) electrons. The van der Waals surface area contributed by atoms with E-state index in [0.29, 0.717) is 29.8 Å². The van der Waals surface area contributed by atoms with Crippen LogP contribution < -0.4 is 15.0 Å². The summed E-state index contributed by atoms with van der Waals surface area (Å²) in [5, 5.41) is 11.0. The number of benzene rings is 3. The lowest BCUT2D eigenvalue weighted by Crippen LogP contribution is -2.28. The molecule has 1 aromatic heterocycles. The van der Waals surface area contributed by atoms with Gasteiger partial charge in [-0.1, -0.05) is 35.9 Å². The second-order valence-electron chi connectivity index (χ2n) is 8.41. The van der Waals surface area contributed by atoms with Gasteiger partial charge in [0, 0.05) is 29.9 Å². The molecule has 35 heavy (non-hydrogen) atoms. The molecule has 1 aliphatic heterocycles. The van der Waals surface area contributed by atoms with Gasteiger partial charge in [0.15, 0.2) is 6.61 Å². The molecular weight excluding hydrogens is 444 g/mol. The molecule has 0 aliphatic carbocycles. The average Bonchev–Trinajstić information content (AvgIpc) is 3.52. The van der Waals surface area contributed by atoms with Gasteiger partial charge in [-0.05, 0) is 55.5 Å². The van der Waals surface area contributed by atoms with Gasteiger partial charge in [0.25, 0.3) is 5.89 Å². The molecule has 3 aromatic carbocycles. The summed E-state index contributed by atoms with van der Waals surface area (Å²) in [5.41, 5.74) is 3.41. The monoisotopic (exact) mass is 468 g/mol. The van der Waals surface area contributed by atoms with Gasteiger partial charge in [0.05, 0.1) is 5.92 Å². The Morgan fingerprint density at radius 3 is 2.51 bits per heavy atom. The fourth-order valence-corrected chi connectivity index (χ4v) is 3.89. The molecule has 8 heteroatoms. The van der Waals surface area contributed by atoms with E-state index in [2.05, 4.69) is 15.5 Å². The number of aryl methyl sites for hydroxylation is 1. The fraction of sp³-hybridized carbons (Fsp3) is 0.185. The Kier molecular flexibility index (Phi) is 6.26. The standard InChI is InChI=1S/C27H24N4O4/c1-18-7-11-22(12-8-18)31-16-20(15-25(31)32)26(33)28-21-9-13-23(14-10-21)34-17-24-29-30-27(35-24)19-5-3-2-4-6-19/h2-14,20H,15-17H2,1H3,(H,28,33). The molecule has 4 aromatic rings. The zero-order chi connectivity index (χ0) is 24.2. The molecule has 1 fully saturated rings. The molecular formula is C27H24N4O4. The molecule has 1 unspecified atom stereocenters. The number of aromatic nitrogens is 2. The van der Waals surface area contributed by atoms with Gasteiger partial charge in [-0.3, -0.25) is 9.59 Å². The third-order valence-corrected chi connectivity index (χ3v) is 5.81. The lowest BCUT2D eigenvalue weighted by molar-refractivity contribution is -0.122. The van der Waals surface area contributed by atoms with E-state index < -0.39 is 5.92 Å². The van der Waals surface area contributed by atoms with Crippen LogP contribution in [0.2, 0.25) is 0 Å². The van der Waals surface area contributed by atoms with Crippen molar-refractivity contribution in [2.45, 2.75) is 20.0 Å². The van der Waals surface area contributed by atoms with Gasteiger partial charge in [-0.15, -0.1) is 10.2 Å². The number of ether oxygens (including phenoxy) is 1. The predicted octanol–water partition coefficient (Wildman–Crippen LogP) is 4.62. The Morgan fingerprint density at radius 2 is 1.77 bits per heavy atom. The van der Waals surface area contributed by atoms with Crippen LogP contribution in [0.25, 0.3) is 11.5 Å². The van der Waals surface area contributed by atoms with E-state index in [1.54, 1.807) is 29.2 Å². The second kappa shape index (κ2) is 9.80. The summed E-state index contributed by atoms with van der Waals surface area (Å²) in [6.45, 7) is 2.49. The maximum absolute atomic E-state index is 12.8. The fourth-order valence-electron chi connectivity index (χ4n) is 3.89. The minimum absolute atomic E-state index is 0.0470. The van der Waals surface area contributed by atoms with Gasteiger partial charge >= 0.3 is 0 Å². The first-order valence-electron chi connectivity index (χ1n) is 11.3. The van der Waals surface area contributed by atoms with E-state index in [0.717, 1.165) is 16.8 Å². The molecule has 2 heterocycles. The average molecular weight is 469 g/mol. The number of amides is 2. The zero-order valence-electron chi connectivity index (χ0n) is 19.2. The topological polar surface area (TPSA) is 97.6 Å². The highest BCUT2D eigenvalue weighted by Gasteiger charge is 2.35. The number of hydrogen-bond donors (Lipinski definition) is 1. The Hall–Kier alpha value is -4.46. The molecule has 0 saturated carbocycles. The molecule has 176 valence electrons. The van der Waals surface area contributed by atoms with Crippen LogP contribution in [0.1, 0.15) is 17.9 Å².